The van der Waals surface area contributed by atoms with Gasteiger partial charge in [-0.15, -0.1) is 0 Å². The Bertz CT molecular complexity index is 886. The molecular formula is C20H20O. The summed E-state index contributed by atoms with van der Waals surface area (Å²) in [4.78, 5) is 0. The van der Waals surface area contributed by atoms with Crippen LogP contribution in [0.15, 0.2) is 36.4 Å². The van der Waals surface area contributed by atoms with Gasteiger partial charge >= 0.3 is 0 Å². The van der Waals surface area contributed by atoms with Crippen molar-refractivity contribution in [2.24, 2.45) is 0 Å². The number of phenols is 1. The van der Waals surface area contributed by atoms with Gasteiger partial charge in [0.25, 0.3) is 0 Å². The van der Waals surface area contributed by atoms with Crippen molar-refractivity contribution in [3.8, 4) is 5.75 Å². The maximum atomic E-state index is 10.2. The van der Waals surface area contributed by atoms with E-state index in [0.29, 0.717) is 5.75 Å². The molecule has 0 fully saturated rings. The van der Waals surface area contributed by atoms with Gasteiger partial charge in [0.05, 0.1) is 0 Å². The number of phenolic OH excluding ortho intramolecular Hbond substituents is 1. The molecule has 0 aliphatic rings. The van der Waals surface area contributed by atoms with Crippen molar-refractivity contribution in [1.82, 2.24) is 0 Å². The Morgan fingerprint density at radius 2 is 1.67 bits per heavy atom. The molecule has 0 spiro atoms. The van der Waals surface area contributed by atoms with E-state index in [1.54, 1.807) is 6.07 Å². The lowest BCUT2D eigenvalue weighted by molar-refractivity contribution is 0.481. The summed E-state index contributed by atoms with van der Waals surface area (Å²) in [7, 11) is 0. The zero-order valence-corrected chi connectivity index (χ0v) is 13.0. The zero-order valence-electron chi connectivity index (χ0n) is 13.0. The molecule has 0 unspecified atom stereocenters. The highest BCUT2D eigenvalue weighted by Crippen LogP contribution is 2.37. The van der Waals surface area contributed by atoms with E-state index in [0.717, 1.165) is 10.8 Å². The summed E-state index contributed by atoms with van der Waals surface area (Å²) < 4.78 is 0. The minimum Gasteiger partial charge on any atom is -0.507 e. The quantitative estimate of drug-likeness (QED) is 0.569. The summed E-state index contributed by atoms with van der Waals surface area (Å²) in [5, 5.41) is 14.7. The van der Waals surface area contributed by atoms with Crippen LogP contribution in [0.2, 0.25) is 0 Å². The molecule has 3 aromatic carbocycles. The number of aryl methyl sites for hydroxylation is 3. The largest absolute Gasteiger partial charge is 0.507 e. The molecule has 0 aromatic heterocycles. The molecule has 0 aliphatic heterocycles. The number of benzene rings is 3. The summed E-state index contributed by atoms with van der Waals surface area (Å²) in [6.07, 6.45) is 4.25. The monoisotopic (exact) mass is 276 g/mol. The van der Waals surface area contributed by atoms with E-state index in [9.17, 15) is 5.11 Å². The number of hydrogen-bond donors (Lipinski definition) is 1. The third-order valence-electron chi connectivity index (χ3n) is 4.31. The van der Waals surface area contributed by atoms with E-state index in [1.807, 2.05) is 19.1 Å². The van der Waals surface area contributed by atoms with Crippen molar-refractivity contribution in [2.45, 2.75) is 27.7 Å². The first kappa shape index (κ1) is 13.7. The second-order valence-electron chi connectivity index (χ2n) is 5.72. The molecule has 1 nitrogen and oxygen atoms in total. The number of rotatable bonds is 1. The molecule has 1 N–H and O–H groups in total. The molecule has 106 valence electrons. The Labute approximate surface area is 125 Å². The second kappa shape index (κ2) is 4.92. The fourth-order valence-electron chi connectivity index (χ4n) is 3.31. The molecule has 0 radical (unpaired) electrons. The molecule has 0 aliphatic carbocycles. The van der Waals surface area contributed by atoms with Gasteiger partial charge in [-0.1, -0.05) is 36.4 Å². The lowest BCUT2D eigenvalue weighted by Crippen LogP contribution is -1.92. The van der Waals surface area contributed by atoms with Crippen molar-refractivity contribution >= 4 is 27.6 Å². The van der Waals surface area contributed by atoms with Crippen LogP contribution in [-0.4, -0.2) is 5.11 Å². The molecule has 0 saturated heterocycles. The fraction of sp³-hybridized carbons (Fsp3) is 0.200. The van der Waals surface area contributed by atoms with Crippen molar-refractivity contribution in [3.63, 3.8) is 0 Å². The minimum atomic E-state index is 0.352. The summed E-state index contributed by atoms with van der Waals surface area (Å²) in [5.41, 5.74) is 5.05. The maximum absolute atomic E-state index is 10.2. The van der Waals surface area contributed by atoms with Crippen LogP contribution in [0.25, 0.3) is 27.6 Å². The Kier molecular flexibility index (Phi) is 3.21. The van der Waals surface area contributed by atoms with E-state index >= 15 is 0 Å². The first-order chi connectivity index (χ1) is 10.0. The number of allylic oxidation sites excluding steroid dienone is 1. The van der Waals surface area contributed by atoms with Crippen LogP contribution in [0.3, 0.4) is 0 Å². The highest BCUT2D eigenvalue weighted by atomic mass is 16.3. The van der Waals surface area contributed by atoms with Crippen molar-refractivity contribution < 1.29 is 5.11 Å². The van der Waals surface area contributed by atoms with Crippen molar-refractivity contribution in [3.05, 3.63) is 58.7 Å². The lowest BCUT2D eigenvalue weighted by Gasteiger charge is -2.15. The lowest BCUT2D eigenvalue weighted by atomic mass is 9.90. The highest BCUT2D eigenvalue weighted by molar-refractivity contribution is 6.13. The average molecular weight is 276 g/mol. The Hall–Kier alpha value is -2.28. The first-order valence-corrected chi connectivity index (χ1v) is 7.32. The van der Waals surface area contributed by atoms with Gasteiger partial charge in [0.15, 0.2) is 0 Å². The summed E-state index contributed by atoms with van der Waals surface area (Å²) in [5.74, 6) is 0.352. The highest BCUT2D eigenvalue weighted by Gasteiger charge is 2.12. The molecule has 0 atom stereocenters. The third kappa shape index (κ3) is 2.01. The van der Waals surface area contributed by atoms with Gasteiger partial charge in [0, 0.05) is 5.39 Å². The van der Waals surface area contributed by atoms with E-state index in [1.165, 1.54) is 33.0 Å². The SMILES string of the molecule is C/C=C\c1c(C)cc2ccc3c(O)ccc(C)c3c2c1C. The van der Waals surface area contributed by atoms with Crippen LogP contribution in [0.4, 0.5) is 0 Å². The average Bonchev–Trinajstić information content (AvgIpc) is 2.46. The van der Waals surface area contributed by atoms with Crippen LogP contribution < -0.4 is 0 Å². The molecule has 0 heterocycles. The smallest absolute Gasteiger partial charge is 0.123 e. The Morgan fingerprint density at radius 1 is 0.905 bits per heavy atom. The van der Waals surface area contributed by atoms with Crippen LogP contribution in [0, 0.1) is 20.8 Å². The van der Waals surface area contributed by atoms with Crippen molar-refractivity contribution in [1.29, 1.82) is 0 Å². The van der Waals surface area contributed by atoms with Crippen LogP contribution in [0.5, 0.6) is 5.75 Å². The van der Waals surface area contributed by atoms with E-state index in [-0.39, 0.29) is 0 Å². The minimum absolute atomic E-state index is 0.352. The Morgan fingerprint density at radius 3 is 2.38 bits per heavy atom. The van der Waals surface area contributed by atoms with E-state index < -0.39 is 0 Å². The Balaban J connectivity index is 2.61. The third-order valence-corrected chi connectivity index (χ3v) is 4.31. The van der Waals surface area contributed by atoms with Gasteiger partial charge in [-0.3, -0.25) is 0 Å². The van der Waals surface area contributed by atoms with Crippen LogP contribution in [-0.2, 0) is 0 Å². The summed E-state index contributed by atoms with van der Waals surface area (Å²) in [6.45, 7) is 8.48. The maximum Gasteiger partial charge on any atom is 0.123 e. The van der Waals surface area contributed by atoms with E-state index in [2.05, 4.69) is 45.1 Å². The molecule has 1 heteroatoms. The predicted octanol–water partition coefficient (Wildman–Crippen LogP) is 5.66. The van der Waals surface area contributed by atoms with Gasteiger partial charge in [-0.25, -0.2) is 0 Å². The second-order valence-corrected chi connectivity index (χ2v) is 5.72. The van der Waals surface area contributed by atoms with Crippen LogP contribution in [0.1, 0.15) is 29.2 Å². The first-order valence-electron chi connectivity index (χ1n) is 7.32. The van der Waals surface area contributed by atoms with Gasteiger partial charge in [-0.2, -0.15) is 0 Å². The van der Waals surface area contributed by atoms with Gasteiger partial charge in [0.1, 0.15) is 5.75 Å². The van der Waals surface area contributed by atoms with E-state index in [4.69, 9.17) is 0 Å². The van der Waals surface area contributed by atoms with Crippen molar-refractivity contribution in [2.75, 3.05) is 0 Å². The molecule has 21 heavy (non-hydrogen) atoms. The molecule has 3 aromatic rings. The zero-order chi connectivity index (χ0) is 15.1. The summed E-state index contributed by atoms with van der Waals surface area (Å²) in [6, 6.07) is 10.1. The molecule has 0 bridgehead atoms. The normalized spacial score (nSPS) is 11.8. The molecule has 0 amide bonds. The number of hydrogen-bond acceptors (Lipinski definition) is 1. The summed E-state index contributed by atoms with van der Waals surface area (Å²) >= 11 is 0. The standard InChI is InChI=1S/C20H20O/c1-5-6-16-13(3)11-15-8-9-17-18(21)10-7-12(2)19(17)20(15)14(16)4/h5-11,21H,1-4H3/b6-5-. The topological polar surface area (TPSA) is 20.2 Å². The predicted molar refractivity (Wildman–Crippen MR) is 92.0 cm³/mol. The van der Waals surface area contributed by atoms with Crippen LogP contribution >= 0.6 is 0 Å². The number of aromatic hydroxyl groups is 1. The number of fused-ring (bicyclic) bond motifs is 3. The van der Waals surface area contributed by atoms with Gasteiger partial charge in [0.2, 0.25) is 0 Å². The van der Waals surface area contributed by atoms with Gasteiger partial charge < -0.3 is 5.11 Å². The fourth-order valence-corrected chi connectivity index (χ4v) is 3.31. The molecule has 0 saturated carbocycles. The molecule has 3 rings (SSSR count). The molecular weight excluding hydrogens is 256 g/mol. The van der Waals surface area contributed by atoms with Gasteiger partial charge in [-0.05, 0) is 72.2 Å².